The van der Waals surface area contributed by atoms with Gasteiger partial charge in [-0.3, -0.25) is 9.78 Å². The zero-order chi connectivity index (χ0) is 12.2. The molecule has 2 nitrogen and oxygen atoms in total. The first kappa shape index (κ1) is 13.0. The SMILES string of the molecule is C[Si](C)(C)C#CC(=O)Cc1cc(Cl)ccn1. The molecule has 0 unspecified atom stereocenters. The number of carbonyl (C=O) groups excluding carboxylic acids is 1. The van der Waals surface area contributed by atoms with Crippen molar-refractivity contribution in [2.45, 2.75) is 26.1 Å². The van der Waals surface area contributed by atoms with Crippen molar-refractivity contribution < 1.29 is 4.79 Å². The summed E-state index contributed by atoms with van der Waals surface area (Å²) >= 11 is 5.80. The van der Waals surface area contributed by atoms with Crippen molar-refractivity contribution in [1.82, 2.24) is 4.98 Å². The van der Waals surface area contributed by atoms with Crippen LogP contribution in [0, 0.1) is 11.5 Å². The fourth-order valence-electron chi connectivity index (χ4n) is 1.01. The lowest BCUT2D eigenvalue weighted by Gasteiger charge is -2.03. The fourth-order valence-corrected chi connectivity index (χ4v) is 1.71. The first-order valence-electron chi connectivity index (χ1n) is 5.03. The number of nitrogens with zero attached hydrogens (tertiary/aromatic N) is 1. The van der Waals surface area contributed by atoms with E-state index in [4.69, 9.17) is 11.6 Å². The number of hydrogen-bond acceptors (Lipinski definition) is 2. The Bertz CT molecular complexity index is 454. The van der Waals surface area contributed by atoms with Crippen LogP contribution in [0.1, 0.15) is 5.69 Å². The third kappa shape index (κ3) is 5.10. The minimum absolute atomic E-state index is 0.0998. The fraction of sp³-hybridized carbons (Fsp3) is 0.333. The van der Waals surface area contributed by atoms with Crippen molar-refractivity contribution in [3.63, 3.8) is 0 Å². The zero-order valence-corrected chi connectivity index (χ0v) is 11.4. The third-order valence-corrected chi connectivity index (χ3v) is 2.81. The molecule has 0 aliphatic carbocycles. The van der Waals surface area contributed by atoms with Crippen LogP contribution in [0.5, 0.6) is 0 Å². The van der Waals surface area contributed by atoms with Gasteiger partial charge in [0.1, 0.15) is 8.07 Å². The normalized spacial score (nSPS) is 10.5. The predicted molar refractivity (Wildman–Crippen MR) is 69.1 cm³/mol. The molecule has 0 spiro atoms. The van der Waals surface area contributed by atoms with Crippen LogP contribution >= 0.6 is 11.6 Å². The predicted octanol–water partition coefficient (Wildman–Crippen LogP) is 2.73. The maximum Gasteiger partial charge on any atom is 0.210 e. The Labute approximate surface area is 102 Å². The van der Waals surface area contributed by atoms with Gasteiger partial charge in [0.15, 0.2) is 0 Å². The summed E-state index contributed by atoms with van der Waals surface area (Å²) in [6.45, 7) is 6.31. The molecule has 0 atom stereocenters. The minimum atomic E-state index is -1.48. The van der Waals surface area contributed by atoms with Crippen LogP contribution in [0.15, 0.2) is 18.3 Å². The summed E-state index contributed by atoms with van der Waals surface area (Å²) in [5.74, 6) is 2.58. The lowest BCUT2D eigenvalue weighted by Crippen LogP contribution is -2.17. The minimum Gasteiger partial charge on any atom is -0.284 e. The van der Waals surface area contributed by atoms with E-state index in [1.54, 1.807) is 18.3 Å². The van der Waals surface area contributed by atoms with Crippen LogP contribution in [0.25, 0.3) is 0 Å². The molecule has 1 rings (SSSR count). The molecule has 0 saturated carbocycles. The molecule has 0 bridgehead atoms. The molecule has 0 amide bonds. The van der Waals surface area contributed by atoms with E-state index in [1.807, 2.05) is 0 Å². The van der Waals surface area contributed by atoms with Crippen LogP contribution in [0.4, 0.5) is 0 Å². The lowest BCUT2D eigenvalue weighted by molar-refractivity contribution is -0.113. The molecule has 0 radical (unpaired) electrons. The number of rotatable bonds is 2. The Kier molecular flexibility index (Phi) is 4.28. The third-order valence-electron chi connectivity index (χ3n) is 1.70. The monoisotopic (exact) mass is 251 g/mol. The number of pyridine rings is 1. The van der Waals surface area contributed by atoms with Crippen molar-refractivity contribution in [3.8, 4) is 11.5 Å². The van der Waals surface area contributed by atoms with E-state index in [9.17, 15) is 4.79 Å². The Morgan fingerprint density at radius 1 is 1.50 bits per heavy atom. The second-order valence-electron chi connectivity index (χ2n) is 4.57. The number of Topliss-reactive ketones (excluding diaryl/α,β-unsaturated/α-hetero) is 1. The summed E-state index contributed by atoms with van der Waals surface area (Å²) in [6.07, 6.45) is 1.83. The molecule has 0 aliphatic rings. The average Bonchev–Trinajstić information content (AvgIpc) is 2.14. The van der Waals surface area contributed by atoms with E-state index in [-0.39, 0.29) is 12.2 Å². The van der Waals surface area contributed by atoms with Gasteiger partial charge in [-0.2, -0.15) is 0 Å². The molecule has 0 aliphatic heterocycles. The molecular weight excluding hydrogens is 238 g/mol. The Balaban J connectivity index is 2.68. The van der Waals surface area contributed by atoms with Gasteiger partial charge < -0.3 is 0 Å². The van der Waals surface area contributed by atoms with E-state index in [1.165, 1.54) is 0 Å². The number of carbonyl (C=O) groups is 1. The van der Waals surface area contributed by atoms with Crippen LogP contribution in [-0.2, 0) is 11.2 Å². The number of ketones is 1. The smallest absolute Gasteiger partial charge is 0.210 e. The van der Waals surface area contributed by atoms with Gasteiger partial charge in [0.25, 0.3) is 0 Å². The van der Waals surface area contributed by atoms with Gasteiger partial charge in [0, 0.05) is 11.2 Å². The molecule has 4 heteroatoms. The summed E-state index contributed by atoms with van der Waals surface area (Å²) in [5.41, 5.74) is 3.70. The molecule has 0 aromatic carbocycles. The number of hydrogen-bond donors (Lipinski definition) is 0. The van der Waals surface area contributed by atoms with E-state index in [2.05, 4.69) is 36.1 Å². The van der Waals surface area contributed by atoms with Crippen LogP contribution < -0.4 is 0 Å². The number of halogens is 1. The van der Waals surface area contributed by atoms with Gasteiger partial charge in [0.05, 0.1) is 12.1 Å². The molecule has 16 heavy (non-hydrogen) atoms. The Morgan fingerprint density at radius 3 is 2.75 bits per heavy atom. The van der Waals surface area contributed by atoms with Gasteiger partial charge in [-0.05, 0) is 18.1 Å². The summed E-state index contributed by atoms with van der Waals surface area (Å²) in [5, 5.41) is 0.593. The largest absolute Gasteiger partial charge is 0.284 e. The highest BCUT2D eigenvalue weighted by Crippen LogP contribution is 2.08. The molecule has 0 fully saturated rings. The quantitative estimate of drug-likeness (QED) is 0.598. The number of aromatic nitrogens is 1. The van der Waals surface area contributed by atoms with Crippen molar-refractivity contribution in [3.05, 3.63) is 29.0 Å². The molecular formula is C12H14ClNOSi. The first-order valence-corrected chi connectivity index (χ1v) is 8.91. The van der Waals surface area contributed by atoms with Crippen LogP contribution in [0.2, 0.25) is 24.7 Å². The van der Waals surface area contributed by atoms with Crippen molar-refractivity contribution in [2.24, 2.45) is 0 Å². The van der Waals surface area contributed by atoms with E-state index < -0.39 is 8.07 Å². The van der Waals surface area contributed by atoms with Gasteiger partial charge in [-0.1, -0.05) is 31.2 Å². The average molecular weight is 252 g/mol. The highest BCUT2D eigenvalue weighted by Gasteiger charge is 2.09. The van der Waals surface area contributed by atoms with E-state index in [0.717, 1.165) is 0 Å². The zero-order valence-electron chi connectivity index (χ0n) is 9.67. The van der Waals surface area contributed by atoms with Crippen molar-refractivity contribution >= 4 is 25.5 Å². The van der Waals surface area contributed by atoms with E-state index in [0.29, 0.717) is 10.7 Å². The molecule has 1 heterocycles. The van der Waals surface area contributed by atoms with Gasteiger partial charge >= 0.3 is 0 Å². The van der Waals surface area contributed by atoms with Crippen molar-refractivity contribution in [1.29, 1.82) is 0 Å². The maximum absolute atomic E-state index is 11.5. The van der Waals surface area contributed by atoms with Gasteiger partial charge in [-0.25, -0.2) is 0 Å². The van der Waals surface area contributed by atoms with Crippen molar-refractivity contribution in [2.75, 3.05) is 0 Å². The summed E-state index contributed by atoms with van der Waals surface area (Å²) < 4.78 is 0. The van der Waals surface area contributed by atoms with Crippen LogP contribution in [-0.4, -0.2) is 18.8 Å². The second kappa shape index (κ2) is 5.29. The lowest BCUT2D eigenvalue weighted by atomic mass is 10.2. The molecule has 0 saturated heterocycles. The highest BCUT2D eigenvalue weighted by atomic mass is 35.5. The topological polar surface area (TPSA) is 30.0 Å². The summed E-state index contributed by atoms with van der Waals surface area (Å²) in [6, 6.07) is 3.37. The standard InChI is InChI=1S/C12H14ClNOSi/c1-16(2,3)7-5-12(15)9-11-8-10(13)4-6-14-11/h4,6,8H,9H2,1-3H3. The highest BCUT2D eigenvalue weighted by molar-refractivity contribution is 6.84. The molecule has 1 aromatic rings. The van der Waals surface area contributed by atoms with Crippen LogP contribution in [0.3, 0.4) is 0 Å². The van der Waals surface area contributed by atoms with Gasteiger partial charge in [0.2, 0.25) is 5.78 Å². The molecule has 84 valence electrons. The second-order valence-corrected chi connectivity index (χ2v) is 9.75. The molecule has 1 aromatic heterocycles. The van der Waals surface area contributed by atoms with Gasteiger partial charge in [-0.15, -0.1) is 5.54 Å². The Hall–Kier alpha value is -1.11. The molecule has 0 N–H and O–H groups in total. The summed E-state index contributed by atoms with van der Waals surface area (Å²) in [4.78, 5) is 15.6. The van der Waals surface area contributed by atoms with E-state index >= 15 is 0 Å². The first-order chi connectivity index (χ1) is 7.37. The Morgan fingerprint density at radius 2 is 2.19 bits per heavy atom. The maximum atomic E-state index is 11.5. The summed E-state index contributed by atoms with van der Waals surface area (Å²) in [7, 11) is -1.48.